The molecule has 0 aliphatic carbocycles. The van der Waals surface area contributed by atoms with Crippen LogP contribution in [-0.2, 0) is 0 Å². The van der Waals surface area contributed by atoms with Crippen molar-refractivity contribution < 1.29 is 0 Å². The van der Waals surface area contributed by atoms with Gasteiger partial charge in [0.05, 0.1) is 22.6 Å². The number of para-hydroxylation sites is 1. The van der Waals surface area contributed by atoms with Crippen LogP contribution in [0.3, 0.4) is 0 Å². The lowest BCUT2D eigenvalue weighted by molar-refractivity contribution is 0.513. The van der Waals surface area contributed by atoms with Crippen LogP contribution in [-0.4, -0.2) is 16.1 Å². The summed E-state index contributed by atoms with van der Waals surface area (Å²) in [6.07, 6.45) is 3.52. The normalized spacial score (nSPS) is 12.4. The lowest BCUT2D eigenvalue weighted by Crippen LogP contribution is -2.30. The van der Waals surface area contributed by atoms with Crippen LogP contribution >= 0.6 is 0 Å². The molecule has 3 rings (SSSR count). The van der Waals surface area contributed by atoms with E-state index in [0.717, 1.165) is 30.0 Å². The number of nitrogens with zero attached hydrogens (tertiary/aromatic N) is 2. The number of rotatable bonds is 7. The zero-order chi connectivity index (χ0) is 19.4. The van der Waals surface area contributed by atoms with Gasteiger partial charge in [0, 0.05) is 0 Å². The molecule has 0 spiro atoms. The van der Waals surface area contributed by atoms with Gasteiger partial charge in [-0.1, -0.05) is 38.0 Å². The van der Waals surface area contributed by atoms with E-state index >= 15 is 0 Å². The Hall–Kier alpha value is -2.46. The maximum Gasteiger partial charge on any atom is 0.266 e. The van der Waals surface area contributed by atoms with Crippen LogP contribution in [0.4, 0.5) is 0 Å². The molecule has 3 aromatic rings. The van der Waals surface area contributed by atoms with Crippen molar-refractivity contribution in [1.82, 2.24) is 14.9 Å². The summed E-state index contributed by atoms with van der Waals surface area (Å²) in [5.41, 5.74) is 3.99. The summed E-state index contributed by atoms with van der Waals surface area (Å²) in [5.74, 6) is 0.762. The average molecular weight is 364 g/mol. The van der Waals surface area contributed by atoms with E-state index in [0.29, 0.717) is 5.39 Å². The standard InChI is InChI=1S/C23H29N3O/c1-5-6-9-14-24-18(4)22-25-21-11-8-7-10-20(21)23(27)26(22)19-13-12-16(2)17(3)15-19/h7-8,10-13,15,18,24H,5-6,9,14H2,1-4H3/t18-/m1/s1. The number of benzene rings is 2. The first-order chi connectivity index (χ1) is 13.0. The first-order valence-electron chi connectivity index (χ1n) is 9.85. The molecule has 2 aromatic carbocycles. The highest BCUT2D eigenvalue weighted by Gasteiger charge is 2.17. The zero-order valence-electron chi connectivity index (χ0n) is 16.7. The van der Waals surface area contributed by atoms with E-state index in [1.807, 2.05) is 30.3 Å². The number of hydrogen-bond acceptors (Lipinski definition) is 3. The average Bonchev–Trinajstić information content (AvgIpc) is 2.67. The summed E-state index contributed by atoms with van der Waals surface area (Å²) in [6.45, 7) is 9.36. The molecule has 0 aliphatic rings. The van der Waals surface area contributed by atoms with E-state index in [-0.39, 0.29) is 11.6 Å². The van der Waals surface area contributed by atoms with E-state index in [9.17, 15) is 4.79 Å². The number of unbranched alkanes of at least 4 members (excludes halogenated alkanes) is 2. The molecule has 0 unspecified atom stereocenters. The summed E-state index contributed by atoms with van der Waals surface area (Å²) in [5, 5.41) is 4.19. The van der Waals surface area contributed by atoms with Crippen LogP contribution < -0.4 is 10.9 Å². The molecule has 0 radical (unpaired) electrons. The van der Waals surface area contributed by atoms with Crippen molar-refractivity contribution in [2.75, 3.05) is 6.54 Å². The van der Waals surface area contributed by atoms with Crippen molar-refractivity contribution in [2.24, 2.45) is 0 Å². The van der Waals surface area contributed by atoms with E-state index in [4.69, 9.17) is 4.98 Å². The third kappa shape index (κ3) is 4.11. The van der Waals surface area contributed by atoms with Gasteiger partial charge < -0.3 is 5.32 Å². The SMILES string of the molecule is CCCCCN[C@H](C)c1nc2ccccc2c(=O)n1-c1ccc(C)c(C)c1. The first-order valence-corrected chi connectivity index (χ1v) is 9.85. The van der Waals surface area contributed by atoms with Crippen molar-refractivity contribution in [1.29, 1.82) is 0 Å². The third-order valence-electron chi connectivity index (χ3n) is 5.17. The van der Waals surface area contributed by atoms with Gasteiger partial charge in [0.2, 0.25) is 0 Å². The number of fused-ring (bicyclic) bond motifs is 1. The molecule has 0 amide bonds. The molecule has 27 heavy (non-hydrogen) atoms. The third-order valence-corrected chi connectivity index (χ3v) is 5.17. The topological polar surface area (TPSA) is 46.9 Å². The minimum atomic E-state index is -0.0132. The van der Waals surface area contributed by atoms with E-state index in [1.54, 1.807) is 4.57 Å². The van der Waals surface area contributed by atoms with Gasteiger partial charge in [-0.25, -0.2) is 4.98 Å². The zero-order valence-corrected chi connectivity index (χ0v) is 16.7. The quantitative estimate of drug-likeness (QED) is 0.611. The predicted molar refractivity (Wildman–Crippen MR) is 113 cm³/mol. The lowest BCUT2D eigenvalue weighted by atomic mass is 10.1. The Morgan fingerprint density at radius 1 is 1.07 bits per heavy atom. The molecule has 4 heteroatoms. The fraction of sp³-hybridized carbons (Fsp3) is 0.391. The minimum Gasteiger partial charge on any atom is -0.308 e. The van der Waals surface area contributed by atoms with Gasteiger partial charge in [0.25, 0.3) is 5.56 Å². The Morgan fingerprint density at radius 3 is 2.59 bits per heavy atom. The van der Waals surface area contributed by atoms with Crippen LogP contribution in [0.5, 0.6) is 0 Å². The Kier molecular flexibility index (Phi) is 6.07. The van der Waals surface area contributed by atoms with Gasteiger partial charge in [-0.3, -0.25) is 9.36 Å². The van der Waals surface area contributed by atoms with Gasteiger partial charge in [-0.05, 0) is 69.1 Å². The first kappa shape index (κ1) is 19.3. The van der Waals surface area contributed by atoms with Crippen molar-refractivity contribution in [3.05, 3.63) is 69.8 Å². The summed E-state index contributed by atoms with van der Waals surface area (Å²) >= 11 is 0. The molecule has 1 N–H and O–H groups in total. The van der Waals surface area contributed by atoms with Crippen molar-refractivity contribution in [3.63, 3.8) is 0 Å². The molecule has 0 saturated carbocycles. The molecule has 142 valence electrons. The van der Waals surface area contributed by atoms with E-state index in [1.165, 1.54) is 24.0 Å². The van der Waals surface area contributed by atoms with E-state index in [2.05, 4.69) is 45.1 Å². The maximum absolute atomic E-state index is 13.3. The fourth-order valence-corrected chi connectivity index (χ4v) is 3.34. The number of aryl methyl sites for hydroxylation is 2. The predicted octanol–water partition coefficient (Wildman–Crippen LogP) is 4.84. The smallest absolute Gasteiger partial charge is 0.266 e. The molecule has 0 bridgehead atoms. The molecule has 1 aromatic heterocycles. The Morgan fingerprint density at radius 2 is 1.85 bits per heavy atom. The fourth-order valence-electron chi connectivity index (χ4n) is 3.34. The highest BCUT2D eigenvalue weighted by atomic mass is 16.1. The van der Waals surface area contributed by atoms with Crippen LogP contribution in [0.25, 0.3) is 16.6 Å². The summed E-state index contributed by atoms with van der Waals surface area (Å²) in [6, 6.07) is 13.7. The van der Waals surface area contributed by atoms with Crippen LogP contribution in [0, 0.1) is 13.8 Å². The van der Waals surface area contributed by atoms with Crippen molar-refractivity contribution in [3.8, 4) is 5.69 Å². The summed E-state index contributed by atoms with van der Waals surface area (Å²) in [7, 11) is 0. The molecule has 4 nitrogen and oxygen atoms in total. The number of hydrogen-bond donors (Lipinski definition) is 1. The lowest BCUT2D eigenvalue weighted by Gasteiger charge is -2.20. The summed E-state index contributed by atoms with van der Waals surface area (Å²) in [4.78, 5) is 18.2. The minimum absolute atomic E-state index is 0.0129. The summed E-state index contributed by atoms with van der Waals surface area (Å²) < 4.78 is 1.77. The molecule has 0 aliphatic heterocycles. The molecule has 1 atom stereocenters. The molecule has 0 fully saturated rings. The van der Waals surface area contributed by atoms with Gasteiger partial charge in [0.15, 0.2) is 0 Å². The highest BCUT2D eigenvalue weighted by molar-refractivity contribution is 5.77. The maximum atomic E-state index is 13.3. The molecular weight excluding hydrogens is 334 g/mol. The van der Waals surface area contributed by atoms with Gasteiger partial charge in [0.1, 0.15) is 5.82 Å². The molecule has 0 saturated heterocycles. The van der Waals surface area contributed by atoms with Crippen LogP contribution in [0.2, 0.25) is 0 Å². The highest BCUT2D eigenvalue weighted by Crippen LogP contribution is 2.20. The molecular formula is C23H29N3O. The van der Waals surface area contributed by atoms with Gasteiger partial charge >= 0.3 is 0 Å². The second-order valence-corrected chi connectivity index (χ2v) is 7.28. The van der Waals surface area contributed by atoms with Crippen molar-refractivity contribution in [2.45, 2.75) is 53.0 Å². The second kappa shape index (κ2) is 8.49. The Labute approximate surface area is 161 Å². The van der Waals surface area contributed by atoms with Crippen LogP contribution in [0.15, 0.2) is 47.3 Å². The largest absolute Gasteiger partial charge is 0.308 e. The number of aromatic nitrogens is 2. The van der Waals surface area contributed by atoms with Gasteiger partial charge in [-0.15, -0.1) is 0 Å². The van der Waals surface area contributed by atoms with Gasteiger partial charge in [-0.2, -0.15) is 0 Å². The van der Waals surface area contributed by atoms with E-state index < -0.39 is 0 Å². The Bertz CT molecular complexity index is 991. The van der Waals surface area contributed by atoms with Crippen LogP contribution in [0.1, 0.15) is 56.1 Å². The Balaban J connectivity index is 2.12. The van der Waals surface area contributed by atoms with Crippen molar-refractivity contribution >= 4 is 10.9 Å². The second-order valence-electron chi connectivity index (χ2n) is 7.28. The number of nitrogens with one attached hydrogen (secondary N) is 1. The monoisotopic (exact) mass is 363 g/mol. The molecule has 1 heterocycles.